The molecule has 0 saturated carbocycles. The Labute approximate surface area is 204 Å². The van der Waals surface area contributed by atoms with Crippen LogP contribution in [-0.4, -0.2) is 65.7 Å². The van der Waals surface area contributed by atoms with Gasteiger partial charge >= 0.3 is 0 Å². The molecule has 1 atom stereocenters. The van der Waals surface area contributed by atoms with E-state index in [1.807, 2.05) is 37.3 Å². The predicted octanol–water partition coefficient (Wildman–Crippen LogP) is 1.35. The zero-order valence-electron chi connectivity index (χ0n) is 19.5. The van der Waals surface area contributed by atoms with Gasteiger partial charge < -0.3 is 25.3 Å². The van der Waals surface area contributed by atoms with Crippen molar-refractivity contribution in [2.75, 3.05) is 25.5 Å². The first-order valence-corrected chi connectivity index (χ1v) is 11.5. The molecule has 4 N–H and O–H groups in total. The number of hydrogen-bond acceptors (Lipinski definition) is 9. The SMILES string of the molecule is CCC(C(=O)NCC1(O)COC1)(c1ccccc1)n1ncc2c1nc(N)n1nc(-c3ccco3)nc21. The van der Waals surface area contributed by atoms with Gasteiger partial charge in [-0.05, 0) is 24.1 Å². The first-order valence-electron chi connectivity index (χ1n) is 11.5. The van der Waals surface area contributed by atoms with Gasteiger partial charge in [0, 0.05) is 0 Å². The second kappa shape index (κ2) is 8.14. The van der Waals surface area contributed by atoms with Gasteiger partial charge in [-0.2, -0.15) is 14.6 Å². The molecule has 5 aromatic rings. The molecule has 1 aromatic carbocycles. The van der Waals surface area contributed by atoms with E-state index in [1.165, 1.54) is 10.8 Å². The summed E-state index contributed by atoms with van der Waals surface area (Å²) in [5.41, 5.74) is 5.46. The largest absolute Gasteiger partial charge is 0.461 e. The minimum Gasteiger partial charge on any atom is -0.461 e. The van der Waals surface area contributed by atoms with Crippen molar-refractivity contribution < 1.29 is 19.1 Å². The normalized spacial score (nSPS) is 16.6. The lowest BCUT2D eigenvalue weighted by Gasteiger charge is -2.38. The van der Waals surface area contributed by atoms with Crippen molar-refractivity contribution in [3.8, 4) is 11.6 Å². The minimum atomic E-state index is -1.27. The number of rotatable bonds is 7. The molecule has 0 radical (unpaired) electrons. The van der Waals surface area contributed by atoms with Crippen molar-refractivity contribution >= 4 is 28.5 Å². The maximum absolute atomic E-state index is 13.9. The number of anilines is 1. The van der Waals surface area contributed by atoms with Gasteiger partial charge in [0.1, 0.15) is 5.60 Å². The van der Waals surface area contributed by atoms with Gasteiger partial charge in [-0.25, -0.2) is 9.67 Å². The summed E-state index contributed by atoms with van der Waals surface area (Å²) in [6, 6.07) is 12.8. The summed E-state index contributed by atoms with van der Waals surface area (Å²) < 4.78 is 13.5. The molecule has 4 aromatic heterocycles. The molecule has 12 nitrogen and oxygen atoms in total. The summed E-state index contributed by atoms with van der Waals surface area (Å²) in [7, 11) is 0. The summed E-state index contributed by atoms with van der Waals surface area (Å²) in [6.07, 6.45) is 3.49. The van der Waals surface area contributed by atoms with Crippen molar-refractivity contribution in [1.82, 2.24) is 34.7 Å². The van der Waals surface area contributed by atoms with Crippen LogP contribution in [0.15, 0.2) is 59.3 Å². The van der Waals surface area contributed by atoms with Crippen LogP contribution in [0.5, 0.6) is 0 Å². The fourth-order valence-corrected chi connectivity index (χ4v) is 4.61. The van der Waals surface area contributed by atoms with Crippen LogP contribution in [0.2, 0.25) is 0 Å². The molecule has 0 spiro atoms. The van der Waals surface area contributed by atoms with Crippen LogP contribution in [0.1, 0.15) is 18.9 Å². The molecule has 6 rings (SSSR count). The second-order valence-electron chi connectivity index (χ2n) is 8.89. The summed E-state index contributed by atoms with van der Waals surface area (Å²) in [5, 5.41) is 23.0. The number of nitrogens with two attached hydrogens (primary N) is 1. The van der Waals surface area contributed by atoms with Crippen LogP contribution >= 0.6 is 0 Å². The number of ether oxygens (including phenoxy) is 1. The number of nitrogens with zero attached hydrogens (tertiary/aromatic N) is 6. The van der Waals surface area contributed by atoms with Gasteiger partial charge in [-0.1, -0.05) is 37.3 Å². The highest BCUT2D eigenvalue weighted by Crippen LogP contribution is 2.34. The average Bonchev–Trinajstić information content (AvgIpc) is 3.63. The number of carbonyl (C=O) groups excluding carboxylic acids is 1. The van der Waals surface area contributed by atoms with Crippen molar-refractivity contribution in [2.45, 2.75) is 24.5 Å². The molecule has 0 aliphatic carbocycles. The number of amides is 1. The van der Waals surface area contributed by atoms with E-state index in [-0.39, 0.29) is 31.6 Å². The highest BCUT2D eigenvalue weighted by Gasteiger charge is 2.45. The molecule has 184 valence electrons. The fraction of sp³-hybridized carbons (Fsp3) is 0.292. The molecule has 5 heterocycles. The predicted molar refractivity (Wildman–Crippen MR) is 129 cm³/mol. The minimum absolute atomic E-state index is 0.0517. The van der Waals surface area contributed by atoms with Gasteiger partial charge in [-0.15, -0.1) is 5.10 Å². The van der Waals surface area contributed by atoms with E-state index in [4.69, 9.17) is 14.9 Å². The Morgan fingerprint density at radius 3 is 2.67 bits per heavy atom. The third kappa shape index (κ3) is 3.26. The smallest absolute Gasteiger partial charge is 0.252 e. The van der Waals surface area contributed by atoms with Gasteiger partial charge in [0.25, 0.3) is 5.91 Å². The summed E-state index contributed by atoms with van der Waals surface area (Å²) in [4.78, 5) is 23.1. The number of carbonyl (C=O) groups is 1. The number of aromatic nitrogens is 6. The second-order valence-corrected chi connectivity index (χ2v) is 8.89. The lowest BCUT2D eigenvalue weighted by Crippen LogP contribution is -2.60. The topological polar surface area (TPSA) is 159 Å². The van der Waals surface area contributed by atoms with E-state index in [1.54, 1.807) is 23.0 Å². The molecular weight excluding hydrogens is 464 g/mol. The molecule has 1 amide bonds. The molecule has 1 fully saturated rings. The third-order valence-corrected chi connectivity index (χ3v) is 6.59. The van der Waals surface area contributed by atoms with E-state index in [0.717, 1.165) is 0 Å². The molecule has 36 heavy (non-hydrogen) atoms. The number of benzene rings is 1. The van der Waals surface area contributed by atoms with Crippen molar-refractivity contribution in [3.05, 3.63) is 60.5 Å². The van der Waals surface area contributed by atoms with Crippen LogP contribution in [-0.2, 0) is 15.1 Å². The van der Waals surface area contributed by atoms with E-state index in [0.29, 0.717) is 40.2 Å². The Morgan fingerprint density at radius 1 is 1.19 bits per heavy atom. The van der Waals surface area contributed by atoms with Crippen LogP contribution in [0.3, 0.4) is 0 Å². The average molecular weight is 489 g/mol. The zero-order valence-corrected chi connectivity index (χ0v) is 19.5. The maximum atomic E-state index is 13.9. The van der Waals surface area contributed by atoms with Crippen LogP contribution in [0, 0.1) is 0 Å². The van der Waals surface area contributed by atoms with E-state index in [2.05, 4.69) is 25.5 Å². The quantitative estimate of drug-likeness (QED) is 0.307. The van der Waals surface area contributed by atoms with Crippen LogP contribution < -0.4 is 11.1 Å². The Balaban J connectivity index is 1.52. The molecular formula is C24H24N8O4. The standard InChI is InChI=1S/C24H24N8O4/c1-2-24(15-7-4-3-5-8-15,21(33)26-12-23(34)13-35-14-23)32-20-16(11-27-32)19-28-18(17-9-6-10-36-17)30-31(19)22(25)29-20/h3-11,34H,2,12-14H2,1H3,(H2,25,29)(H,26,33). The molecule has 12 heteroatoms. The van der Waals surface area contributed by atoms with E-state index >= 15 is 0 Å². The van der Waals surface area contributed by atoms with Crippen molar-refractivity contribution in [1.29, 1.82) is 0 Å². The van der Waals surface area contributed by atoms with Gasteiger partial charge in [0.05, 0.1) is 37.6 Å². The number of furan rings is 1. The number of fused-ring (bicyclic) bond motifs is 3. The highest BCUT2D eigenvalue weighted by atomic mass is 16.5. The maximum Gasteiger partial charge on any atom is 0.252 e. The van der Waals surface area contributed by atoms with Gasteiger partial charge in [0.2, 0.25) is 11.8 Å². The lowest BCUT2D eigenvalue weighted by molar-refractivity contribution is -0.176. The highest BCUT2D eigenvalue weighted by molar-refractivity contribution is 5.94. The summed E-state index contributed by atoms with van der Waals surface area (Å²) in [6.45, 7) is 2.29. The molecule has 1 aliphatic heterocycles. The first kappa shape index (κ1) is 22.2. The monoisotopic (exact) mass is 488 g/mol. The number of hydrogen-bond donors (Lipinski definition) is 3. The number of nitrogens with one attached hydrogen (secondary N) is 1. The molecule has 1 aliphatic rings. The fourth-order valence-electron chi connectivity index (χ4n) is 4.61. The van der Waals surface area contributed by atoms with E-state index < -0.39 is 11.1 Å². The lowest BCUT2D eigenvalue weighted by atomic mass is 9.85. The Morgan fingerprint density at radius 2 is 2.00 bits per heavy atom. The van der Waals surface area contributed by atoms with Gasteiger partial charge in [0.15, 0.2) is 22.6 Å². The van der Waals surface area contributed by atoms with Gasteiger partial charge in [-0.3, -0.25) is 4.79 Å². The first-order chi connectivity index (χ1) is 17.4. The zero-order chi connectivity index (χ0) is 24.9. The Kier molecular flexibility index (Phi) is 5.02. The number of aliphatic hydroxyl groups is 1. The summed E-state index contributed by atoms with van der Waals surface area (Å²) >= 11 is 0. The third-order valence-electron chi connectivity index (χ3n) is 6.59. The molecule has 0 bridgehead atoms. The van der Waals surface area contributed by atoms with E-state index in [9.17, 15) is 9.90 Å². The van der Waals surface area contributed by atoms with Crippen molar-refractivity contribution in [2.24, 2.45) is 0 Å². The Hall–Kier alpha value is -4.29. The van der Waals surface area contributed by atoms with Crippen molar-refractivity contribution in [3.63, 3.8) is 0 Å². The van der Waals surface area contributed by atoms with Crippen LogP contribution in [0.25, 0.3) is 28.3 Å². The Bertz CT molecular complexity index is 1560. The molecule has 1 saturated heterocycles. The summed E-state index contributed by atoms with van der Waals surface area (Å²) in [5.74, 6) is 0.596. The molecule has 1 unspecified atom stereocenters. The van der Waals surface area contributed by atoms with Crippen LogP contribution in [0.4, 0.5) is 5.95 Å². The number of nitrogen functional groups attached to an aromatic ring is 1.